The van der Waals surface area contributed by atoms with Crippen LogP contribution in [0, 0.1) is 16.3 Å². The second kappa shape index (κ2) is 4.01. The average Bonchev–Trinajstić information content (AvgIpc) is 1.97. The van der Waals surface area contributed by atoms with Gasteiger partial charge in [-0.2, -0.15) is 8.42 Å². The first kappa shape index (κ1) is 11.7. The third-order valence-corrected chi connectivity index (χ3v) is 3.10. The van der Waals surface area contributed by atoms with Crippen LogP contribution in [0.1, 0.15) is 5.56 Å². The van der Waals surface area contributed by atoms with Gasteiger partial charge in [-0.3, -0.25) is 0 Å². The second-order valence-corrected chi connectivity index (χ2v) is 5.56. The van der Waals surface area contributed by atoms with Gasteiger partial charge in [-0.15, -0.1) is 0 Å². The van der Waals surface area contributed by atoms with Gasteiger partial charge in [-0.25, -0.2) is 4.39 Å². The molecule has 1 aromatic rings. The molecular formula is C8H8FIO3S. The first-order valence-electron chi connectivity index (χ1n) is 3.65. The predicted molar refractivity (Wildman–Crippen MR) is 59.3 cm³/mol. The van der Waals surface area contributed by atoms with Crippen molar-refractivity contribution in [3.05, 3.63) is 27.1 Å². The zero-order chi connectivity index (χ0) is 10.9. The van der Waals surface area contributed by atoms with E-state index in [1.54, 1.807) is 6.92 Å². The maximum absolute atomic E-state index is 13.2. The molecule has 0 amide bonds. The van der Waals surface area contributed by atoms with E-state index in [1.165, 1.54) is 12.1 Å². The van der Waals surface area contributed by atoms with Crippen LogP contribution in [0.3, 0.4) is 0 Å². The molecule has 0 heterocycles. The summed E-state index contributed by atoms with van der Waals surface area (Å²) in [5.41, 5.74) is 0.740. The van der Waals surface area contributed by atoms with Crippen molar-refractivity contribution in [1.82, 2.24) is 0 Å². The van der Waals surface area contributed by atoms with Crippen molar-refractivity contribution in [2.24, 2.45) is 0 Å². The van der Waals surface area contributed by atoms with Crippen molar-refractivity contribution in [3.63, 3.8) is 0 Å². The van der Waals surface area contributed by atoms with Crippen LogP contribution in [0.4, 0.5) is 4.39 Å². The van der Waals surface area contributed by atoms with Crippen LogP contribution < -0.4 is 4.18 Å². The molecule has 0 bridgehead atoms. The van der Waals surface area contributed by atoms with Gasteiger partial charge in [0, 0.05) is 3.57 Å². The maximum atomic E-state index is 13.2. The quantitative estimate of drug-likeness (QED) is 0.616. The summed E-state index contributed by atoms with van der Waals surface area (Å²) < 4.78 is 39.9. The lowest BCUT2D eigenvalue weighted by atomic mass is 10.2. The third kappa shape index (κ3) is 3.09. The number of aryl methyl sites for hydroxylation is 1. The molecule has 0 unspecified atom stereocenters. The first-order valence-corrected chi connectivity index (χ1v) is 6.54. The largest absolute Gasteiger partial charge is 0.379 e. The zero-order valence-corrected chi connectivity index (χ0v) is 10.5. The molecular weight excluding hydrogens is 322 g/mol. The summed E-state index contributed by atoms with van der Waals surface area (Å²) in [4.78, 5) is 0. The maximum Gasteiger partial charge on any atom is 0.306 e. The van der Waals surface area contributed by atoms with Crippen molar-refractivity contribution in [1.29, 1.82) is 0 Å². The molecule has 0 aliphatic rings. The van der Waals surface area contributed by atoms with E-state index < -0.39 is 15.9 Å². The summed E-state index contributed by atoms with van der Waals surface area (Å²) in [5.74, 6) is -0.934. The topological polar surface area (TPSA) is 43.4 Å². The molecule has 1 aromatic carbocycles. The van der Waals surface area contributed by atoms with Crippen molar-refractivity contribution in [3.8, 4) is 5.75 Å². The summed E-state index contributed by atoms with van der Waals surface area (Å²) in [7, 11) is -3.67. The summed E-state index contributed by atoms with van der Waals surface area (Å²) in [6.45, 7) is 1.73. The summed E-state index contributed by atoms with van der Waals surface area (Å²) in [6, 6.07) is 2.59. The Bertz CT molecular complexity index is 456. The lowest BCUT2D eigenvalue weighted by Gasteiger charge is -2.06. The highest BCUT2D eigenvalue weighted by Gasteiger charge is 2.11. The fourth-order valence-corrected chi connectivity index (χ4v) is 1.75. The highest BCUT2D eigenvalue weighted by molar-refractivity contribution is 14.1. The van der Waals surface area contributed by atoms with Gasteiger partial charge in [0.25, 0.3) is 0 Å². The monoisotopic (exact) mass is 330 g/mol. The lowest BCUT2D eigenvalue weighted by Crippen LogP contribution is -2.07. The Morgan fingerprint density at radius 2 is 2.00 bits per heavy atom. The summed E-state index contributed by atoms with van der Waals surface area (Å²) >= 11 is 1.98. The van der Waals surface area contributed by atoms with Crippen LogP contribution in [-0.4, -0.2) is 14.7 Å². The fraction of sp³-hybridized carbons (Fsp3) is 0.250. The summed E-state index contributed by atoms with van der Waals surface area (Å²) in [5, 5.41) is 0. The van der Waals surface area contributed by atoms with Gasteiger partial charge in [0.2, 0.25) is 0 Å². The predicted octanol–water partition coefficient (Wildman–Crippen LogP) is 2.08. The Morgan fingerprint density at radius 3 is 2.50 bits per heavy atom. The number of hydrogen-bond donors (Lipinski definition) is 0. The fourth-order valence-electron chi connectivity index (χ4n) is 0.855. The van der Waals surface area contributed by atoms with E-state index >= 15 is 0 Å². The van der Waals surface area contributed by atoms with Crippen LogP contribution in [0.25, 0.3) is 0 Å². The van der Waals surface area contributed by atoms with E-state index in [2.05, 4.69) is 4.18 Å². The lowest BCUT2D eigenvalue weighted by molar-refractivity contribution is 0.466. The molecule has 0 aliphatic carbocycles. The molecule has 14 heavy (non-hydrogen) atoms. The number of halogens is 2. The average molecular weight is 330 g/mol. The summed E-state index contributed by atoms with van der Waals surface area (Å²) in [6.07, 6.45) is 0.874. The van der Waals surface area contributed by atoms with E-state index in [0.29, 0.717) is 0 Å². The van der Waals surface area contributed by atoms with E-state index in [-0.39, 0.29) is 5.75 Å². The van der Waals surface area contributed by atoms with E-state index in [4.69, 9.17) is 0 Å². The Balaban J connectivity index is 3.17. The number of hydrogen-bond acceptors (Lipinski definition) is 3. The van der Waals surface area contributed by atoms with Gasteiger partial charge in [0.1, 0.15) is 0 Å². The second-order valence-electron chi connectivity index (χ2n) is 2.82. The molecule has 0 N–H and O–H groups in total. The Labute approximate surface area is 95.5 Å². The molecule has 6 heteroatoms. The zero-order valence-electron chi connectivity index (χ0n) is 7.54. The van der Waals surface area contributed by atoms with Gasteiger partial charge < -0.3 is 4.18 Å². The van der Waals surface area contributed by atoms with Crippen LogP contribution >= 0.6 is 22.6 Å². The number of benzene rings is 1. The molecule has 0 saturated carbocycles. The minimum absolute atomic E-state index is 0.262. The van der Waals surface area contributed by atoms with Crippen LogP contribution in [-0.2, 0) is 10.1 Å². The van der Waals surface area contributed by atoms with Crippen molar-refractivity contribution >= 4 is 32.7 Å². The van der Waals surface area contributed by atoms with Crippen molar-refractivity contribution in [2.75, 3.05) is 6.26 Å². The third-order valence-electron chi connectivity index (χ3n) is 1.45. The van der Waals surface area contributed by atoms with Crippen molar-refractivity contribution in [2.45, 2.75) is 6.92 Å². The SMILES string of the molecule is Cc1cc(F)c(OS(C)(=O)=O)cc1I. The van der Waals surface area contributed by atoms with Crippen molar-refractivity contribution < 1.29 is 17.0 Å². The molecule has 0 radical (unpaired) electrons. The van der Waals surface area contributed by atoms with Crippen LogP contribution in [0.2, 0.25) is 0 Å². The van der Waals surface area contributed by atoms with Gasteiger partial charge in [-0.1, -0.05) is 0 Å². The highest BCUT2D eigenvalue weighted by Crippen LogP contribution is 2.24. The van der Waals surface area contributed by atoms with Gasteiger partial charge in [-0.05, 0) is 47.2 Å². The Hall–Kier alpha value is -0.370. The van der Waals surface area contributed by atoms with Gasteiger partial charge >= 0.3 is 10.1 Å². The molecule has 0 saturated heterocycles. The smallest absolute Gasteiger partial charge is 0.306 e. The van der Waals surface area contributed by atoms with E-state index in [1.807, 2.05) is 22.6 Å². The van der Waals surface area contributed by atoms with Gasteiger partial charge in [0.15, 0.2) is 11.6 Å². The molecule has 0 fully saturated rings. The van der Waals surface area contributed by atoms with Crippen LogP contribution in [0.15, 0.2) is 12.1 Å². The highest BCUT2D eigenvalue weighted by atomic mass is 127. The molecule has 0 atom stereocenters. The van der Waals surface area contributed by atoms with E-state index in [0.717, 1.165) is 15.4 Å². The molecule has 3 nitrogen and oxygen atoms in total. The van der Waals surface area contributed by atoms with Crippen LogP contribution in [0.5, 0.6) is 5.75 Å². The standard InChI is InChI=1S/C8H8FIO3S/c1-5-3-6(9)8(4-7(5)10)13-14(2,11)12/h3-4H,1-2H3. The molecule has 78 valence electrons. The van der Waals surface area contributed by atoms with E-state index in [9.17, 15) is 12.8 Å². The van der Waals surface area contributed by atoms with Gasteiger partial charge in [0.05, 0.1) is 6.26 Å². The molecule has 1 rings (SSSR count). The minimum Gasteiger partial charge on any atom is -0.379 e. The normalized spacial score (nSPS) is 11.4. The number of rotatable bonds is 2. The first-order chi connectivity index (χ1) is 6.29. The Kier molecular flexibility index (Phi) is 3.36. The molecule has 0 aromatic heterocycles. The molecule has 0 aliphatic heterocycles. The minimum atomic E-state index is -3.67. The molecule has 0 spiro atoms. The Morgan fingerprint density at radius 1 is 1.43 bits per heavy atom.